The molecular weight excluding hydrogens is 316 g/mol. The zero-order valence-corrected chi connectivity index (χ0v) is 14.5. The van der Waals surface area contributed by atoms with Crippen molar-refractivity contribution in [3.05, 3.63) is 35.4 Å². The Labute approximate surface area is 148 Å². The number of benzene rings is 1. The van der Waals surface area contributed by atoms with Crippen LogP contribution in [0.3, 0.4) is 0 Å². The predicted octanol–water partition coefficient (Wildman–Crippen LogP) is 2.23. The van der Waals surface area contributed by atoms with Crippen LogP contribution in [0.1, 0.15) is 60.9 Å². The number of aliphatic hydroxyl groups is 1. The average molecular weight is 342 g/mol. The molecule has 0 heterocycles. The van der Waals surface area contributed by atoms with Gasteiger partial charge in [-0.25, -0.2) is 0 Å². The van der Waals surface area contributed by atoms with Crippen molar-refractivity contribution >= 4 is 11.8 Å². The number of nitrogens with one attached hydrogen (secondary N) is 1. The van der Waals surface area contributed by atoms with Gasteiger partial charge in [-0.3, -0.25) is 9.59 Å². The van der Waals surface area contributed by atoms with Gasteiger partial charge in [0.05, 0.1) is 12.0 Å². The molecule has 5 nitrogen and oxygen atoms in total. The molecule has 2 atom stereocenters. The molecule has 134 valence electrons. The number of nitrogens with zero attached hydrogens (tertiary/aromatic N) is 1. The van der Waals surface area contributed by atoms with E-state index < -0.39 is 6.10 Å². The molecule has 1 aromatic carbocycles. The largest absolute Gasteiger partial charge is 0.392 e. The van der Waals surface area contributed by atoms with E-state index in [4.69, 9.17) is 0 Å². The molecule has 0 aliphatic heterocycles. The fourth-order valence-electron chi connectivity index (χ4n) is 3.67. The number of rotatable bonds is 6. The predicted molar refractivity (Wildman–Crippen MR) is 93.9 cm³/mol. The summed E-state index contributed by atoms with van der Waals surface area (Å²) in [5.74, 6) is -0.148. The van der Waals surface area contributed by atoms with Gasteiger partial charge in [-0.2, -0.15) is 0 Å². The van der Waals surface area contributed by atoms with Crippen LogP contribution < -0.4 is 5.32 Å². The van der Waals surface area contributed by atoms with Gasteiger partial charge in [0.2, 0.25) is 5.91 Å². The number of aliphatic hydroxyl groups excluding tert-OH is 1. The summed E-state index contributed by atoms with van der Waals surface area (Å²) in [6, 6.07) is 8.23. The Kier molecular flexibility index (Phi) is 4.50. The Balaban J connectivity index is 1.41. The van der Waals surface area contributed by atoms with Gasteiger partial charge in [0.15, 0.2) is 0 Å². The molecule has 5 heteroatoms. The summed E-state index contributed by atoms with van der Waals surface area (Å²) in [7, 11) is 0. The molecule has 0 aromatic heterocycles. The van der Waals surface area contributed by atoms with Gasteiger partial charge >= 0.3 is 0 Å². The van der Waals surface area contributed by atoms with Crippen molar-refractivity contribution in [3.8, 4) is 0 Å². The van der Waals surface area contributed by atoms with Gasteiger partial charge in [-0.1, -0.05) is 12.1 Å². The lowest BCUT2D eigenvalue weighted by atomic mass is 10.0. The quantitative estimate of drug-likeness (QED) is 0.833. The van der Waals surface area contributed by atoms with E-state index in [1.165, 1.54) is 0 Å². The van der Waals surface area contributed by atoms with Crippen molar-refractivity contribution in [2.45, 2.75) is 69.7 Å². The van der Waals surface area contributed by atoms with Gasteiger partial charge in [0.1, 0.15) is 0 Å². The molecule has 0 radical (unpaired) electrons. The maximum absolute atomic E-state index is 12.8. The molecule has 3 saturated carbocycles. The van der Waals surface area contributed by atoms with Gasteiger partial charge in [0.25, 0.3) is 5.91 Å². The lowest BCUT2D eigenvalue weighted by Gasteiger charge is -2.27. The van der Waals surface area contributed by atoms with Crippen molar-refractivity contribution < 1.29 is 14.7 Å². The SMILES string of the molecule is O=C(NC1CC1)c1ccc(CN(C(=O)C2CCCC2O)C2CC2)cc1. The highest BCUT2D eigenvalue weighted by Gasteiger charge is 2.40. The molecule has 4 rings (SSSR count). The number of carbonyl (C=O) groups is 2. The first-order valence-corrected chi connectivity index (χ1v) is 9.50. The number of amides is 2. The van der Waals surface area contributed by atoms with E-state index in [1.807, 2.05) is 29.2 Å². The van der Waals surface area contributed by atoms with E-state index in [1.54, 1.807) is 0 Å². The standard InChI is InChI=1S/C20H26N2O3/c23-18-3-1-2-17(18)20(25)22(16-10-11-16)12-13-4-6-14(7-5-13)19(24)21-15-8-9-15/h4-7,15-18,23H,1-3,8-12H2,(H,21,24). The highest BCUT2D eigenvalue weighted by Crippen LogP contribution is 2.34. The summed E-state index contributed by atoms with van der Waals surface area (Å²) in [4.78, 5) is 26.9. The second-order valence-corrected chi connectivity index (χ2v) is 7.75. The van der Waals surface area contributed by atoms with Crippen LogP contribution in [-0.4, -0.2) is 40.0 Å². The molecule has 0 bridgehead atoms. The first-order chi connectivity index (χ1) is 12.1. The van der Waals surface area contributed by atoms with Crippen molar-refractivity contribution in [2.75, 3.05) is 0 Å². The fourth-order valence-corrected chi connectivity index (χ4v) is 3.67. The van der Waals surface area contributed by atoms with E-state index in [2.05, 4.69) is 5.32 Å². The Morgan fingerprint density at radius 3 is 2.32 bits per heavy atom. The second-order valence-electron chi connectivity index (χ2n) is 7.75. The van der Waals surface area contributed by atoms with Gasteiger partial charge in [-0.05, 0) is 62.6 Å². The molecule has 2 amide bonds. The summed E-state index contributed by atoms with van der Waals surface area (Å²) in [5, 5.41) is 13.0. The first-order valence-electron chi connectivity index (χ1n) is 9.50. The van der Waals surface area contributed by atoms with E-state index in [9.17, 15) is 14.7 Å². The molecule has 3 aliphatic rings. The Hall–Kier alpha value is -1.88. The third-order valence-electron chi connectivity index (χ3n) is 5.55. The third-order valence-corrected chi connectivity index (χ3v) is 5.55. The van der Waals surface area contributed by atoms with E-state index in [0.717, 1.165) is 50.5 Å². The van der Waals surface area contributed by atoms with E-state index >= 15 is 0 Å². The molecule has 0 spiro atoms. The molecule has 2 unspecified atom stereocenters. The van der Waals surface area contributed by atoms with Crippen LogP contribution in [-0.2, 0) is 11.3 Å². The van der Waals surface area contributed by atoms with Crippen LogP contribution in [0.15, 0.2) is 24.3 Å². The molecule has 0 saturated heterocycles. The summed E-state index contributed by atoms with van der Waals surface area (Å²) >= 11 is 0. The normalized spacial score (nSPS) is 25.6. The average Bonchev–Trinajstić information content (AvgIpc) is 3.53. The highest BCUT2D eigenvalue weighted by molar-refractivity contribution is 5.94. The third kappa shape index (κ3) is 3.87. The lowest BCUT2D eigenvalue weighted by molar-refractivity contribution is -0.139. The van der Waals surface area contributed by atoms with Crippen LogP contribution in [0.4, 0.5) is 0 Å². The summed E-state index contributed by atoms with van der Waals surface area (Å²) in [5.41, 5.74) is 1.71. The molecule has 2 N–H and O–H groups in total. The minimum absolute atomic E-state index is 0.0155. The Morgan fingerprint density at radius 1 is 1.04 bits per heavy atom. The molecule has 3 aliphatic carbocycles. The lowest BCUT2D eigenvalue weighted by Crippen LogP contribution is -2.40. The van der Waals surface area contributed by atoms with Crippen LogP contribution in [0, 0.1) is 5.92 Å². The van der Waals surface area contributed by atoms with Gasteiger partial charge < -0.3 is 15.3 Å². The summed E-state index contributed by atoms with van der Waals surface area (Å²) in [6.45, 7) is 0.567. The van der Waals surface area contributed by atoms with Crippen LogP contribution in [0.5, 0.6) is 0 Å². The fraction of sp³-hybridized carbons (Fsp3) is 0.600. The van der Waals surface area contributed by atoms with E-state index in [-0.39, 0.29) is 17.7 Å². The zero-order chi connectivity index (χ0) is 17.4. The van der Waals surface area contributed by atoms with Crippen LogP contribution in [0.25, 0.3) is 0 Å². The van der Waals surface area contributed by atoms with Gasteiger partial charge in [-0.15, -0.1) is 0 Å². The second kappa shape index (κ2) is 6.79. The van der Waals surface area contributed by atoms with Crippen LogP contribution in [0.2, 0.25) is 0 Å². The number of carbonyl (C=O) groups excluding carboxylic acids is 2. The number of hydrogen-bond donors (Lipinski definition) is 2. The molecular formula is C20H26N2O3. The van der Waals surface area contributed by atoms with E-state index in [0.29, 0.717) is 24.2 Å². The van der Waals surface area contributed by atoms with Crippen molar-refractivity contribution in [3.63, 3.8) is 0 Å². The molecule has 1 aromatic rings. The number of hydrogen-bond acceptors (Lipinski definition) is 3. The zero-order valence-electron chi connectivity index (χ0n) is 14.5. The highest BCUT2D eigenvalue weighted by atomic mass is 16.3. The minimum atomic E-state index is -0.484. The smallest absolute Gasteiger partial charge is 0.251 e. The topological polar surface area (TPSA) is 69.6 Å². The van der Waals surface area contributed by atoms with Crippen molar-refractivity contribution in [1.29, 1.82) is 0 Å². The van der Waals surface area contributed by atoms with Crippen molar-refractivity contribution in [1.82, 2.24) is 10.2 Å². The maximum Gasteiger partial charge on any atom is 0.251 e. The summed E-state index contributed by atoms with van der Waals surface area (Å²) < 4.78 is 0. The maximum atomic E-state index is 12.8. The Morgan fingerprint density at radius 2 is 1.76 bits per heavy atom. The summed E-state index contributed by atoms with van der Waals surface area (Å²) in [6.07, 6.45) is 6.24. The monoisotopic (exact) mass is 342 g/mol. The van der Waals surface area contributed by atoms with Crippen molar-refractivity contribution in [2.24, 2.45) is 5.92 Å². The van der Waals surface area contributed by atoms with Crippen LogP contribution >= 0.6 is 0 Å². The van der Waals surface area contributed by atoms with Gasteiger partial charge in [0, 0.05) is 24.2 Å². The first kappa shape index (κ1) is 16.6. The molecule has 25 heavy (non-hydrogen) atoms. The minimum Gasteiger partial charge on any atom is -0.392 e. The Bertz CT molecular complexity index is 649. The molecule has 3 fully saturated rings.